The van der Waals surface area contributed by atoms with Crippen molar-refractivity contribution in [1.82, 2.24) is 15.1 Å². The van der Waals surface area contributed by atoms with E-state index < -0.39 is 6.04 Å². The number of halogens is 1. The van der Waals surface area contributed by atoms with E-state index in [0.29, 0.717) is 31.7 Å². The molecular weight excluding hydrogens is 458 g/mol. The first kappa shape index (κ1) is 23.8. The fourth-order valence-corrected chi connectivity index (χ4v) is 4.72. The predicted molar refractivity (Wildman–Crippen MR) is 125 cm³/mol. The van der Waals surface area contributed by atoms with Gasteiger partial charge in [-0.05, 0) is 43.0 Å². The van der Waals surface area contributed by atoms with Gasteiger partial charge in [-0.3, -0.25) is 14.4 Å². The maximum atomic E-state index is 13.3. The molecule has 3 amide bonds. The number of carbonyl (C=O) groups excluding carboxylic acids is 3. The summed E-state index contributed by atoms with van der Waals surface area (Å²) in [4.78, 5) is 42.6. The lowest BCUT2D eigenvalue weighted by Crippen LogP contribution is -2.58. The summed E-state index contributed by atoms with van der Waals surface area (Å²) in [6.45, 7) is 6.23. The summed E-state index contributed by atoms with van der Waals surface area (Å²) in [5, 5.41) is 2.96. The Morgan fingerprint density at radius 2 is 1.58 bits per heavy atom. The van der Waals surface area contributed by atoms with E-state index in [9.17, 15) is 14.4 Å². The van der Waals surface area contributed by atoms with Crippen molar-refractivity contribution in [2.24, 2.45) is 11.8 Å². The van der Waals surface area contributed by atoms with Crippen LogP contribution in [-0.2, 0) is 9.59 Å². The maximum Gasteiger partial charge on any atom is 0.251 e. The highest BCUT2D eigenvalue weighted by Crippen LogP contribution is 2.26. The molecule has 0 radical (unpaired) electrons. The van der Waals surface area contributed by atoms with Crippen LogP contribution in [0.1, 0.15) is 62.7 Å². The predicted octanol–water partition coefficient (Wildman–Crippen LogP) is 3.84. The third kappa shape index (κ3) is 6.09. The van der Waals surface area contributed by atoms with Crippen LogP contribution in [0, 0.1) is 11.8 Å². The Labute approximate surface area is 193 Å². The van der Waals surface area contributed by atoms with Crippen molar-refractivity contribution < 1.29 is 14.4 Å². The molecule has 1 aliphatic carbocycles. The Balaban J connectivity index is 1.59. The summed E-state index contributed by atoms with van der Waals surface area (Å²) in [6.07, 6.45) is 6.30. The molecular formula is C24H34BrN3O3. The molecule has 3 rings (SSSR count). The van der Waals surface area contributed by atoms with Crippen molar-refractivity contribution in [3.8, 4) is 0 Å². The van der Waals surface area contributed by atoms with Crippen LogP contribution in [0.4, 0.5) is 0 Å². The number of rotatable bonds is 6. The van der Waals surface area contributed by atoms with E-state index in [2.05, 4.69) is 21.2 Å². The van der Waals surface area contributed by atoms with Crippen LogP contribution in [-0.4, -0.2) is 59.7 Å². The molecule has 7 heteroatoms. The minimum Gasteiger partial charge on any atom is -0.340 e. The summed E-state index contributed by atoms with van der Waals surface area (Å²) in [5.41, 5.74) is 0.534. The van der Waals surface area contributed by atoms with Gasteiger partial charge in [0.25, 0.3) is 5.91 Å². The molecule has 1 aliphatic heterocycles. The average molecular weight is 492 g/mol. The zero-order chi connectivity index (χ0) is 22.4. The third-order valence-corrected chi connectivity index (χ3v) is 7.26. The molecule has 1 aromatic rings. The lowest BCUT2D eigenvalue weighted by atomic mass is 9.88. The fourth-order valence-electron chi connectivity index (χ4n) is 4.46. The molecule has 1 aromatic carbocycles. The first-order valence-electron chi connectivity index (χ1n) is 11.5. The van der Waals surface area contributed by atoms with Crippen molar-refractivity contribution in [3.05, 3.63) is 34.3 Å². The molecule has 1 heterocycles. The molecule has 1 N–H and O–H groups in total. The van der Waals surface area contributed by atoms with E-state index >= 15 is 0 Å². The first-order valence-corrected chi connectivity index (χ1v) is 12.3. The highest BCUT2D eigenvalue weighted by Gasteiger charge is 2.34. The van der Waals surface area contributed by atoms with E-state index in [1.807, 2.05) is 35.8 Å². The van der Waals surface area contributed by atoms with Crippen LogP contribution < -0.4 is 5.32 Å². The van der Waals surface area contributed by atoms with E-state index in [1.165, 1.54) is 6.42 Å². The Morgan fingerprint density at radius 3 is 2.16 bits per heavy atom. The van der Waals surface area contributed by atoms with Crippen LogP contribution >= 0.6 is 15.9 Å². The van der Waals surface area contributed by atoms with Crippen molar-refractivity contribution in [3.63, 3.8) is 0 Å². The van der Waals surface area contributed by atoms with E-state index in [-0.39, 0.29) is 29.6 Å². The Hall–Kier alpha value is -1.89. The molecule has 0 spiro atoms. The van der Waals surface area contributed by atoms with Crippen LogP contribution in [0.5, 0.6) is 0 Å². The molecule has 6 nitrogen and oxygen atoms in total. The van der Waals surface area contributed by atoms with Crippen molar-refractivity contribution >= 4 is 33.7 Å². The summed E-state index contributed by atoms with van der Waals surface area (Å²) in [5.74, 6) is 0.151. The second-order valence-electron chi connectivity index (χ2n) is 8.83. The minimum atomic E-state index is -0.568. The lowest BCUT2D eigenvalue weighted by Gasteiger charge is -2.39. The van der Waals surface area contributed by atoms with E-state index in [0.717, 1.165) is 36.6 Å². The van der Waals surface area contributed by atoms with Crippen molar-refractivity contribution in [2.45, 2.75) is 58.4 Å². The van der Waals surface area contributed by atoms with Gasteiger partial charge in [0.2, 0.25) is 11.8 Å². The quantitative estimate of drug-likeness (QED) is 0.656. The maximum absolute atomic E-state index is 13.3. The lowest BCUT2D eigenvalue weighted by molar-refractivity contribution is -0.144. The molecule has 1 saturated carbocycles. The molecule has 170 valence electrons. The Morgan fingerprint density at radius 1 is 1.00 bits per heavy atom. The average Bonchev–Trinajstić information content (AvgIpc) is 2.82. The van der Waals surface area contributed by atoms with Crippen molar-refractivity contribution in [1.29, 1.82) is 0 Å². The Kier molecular flexibility index (Phi) is 8.52. The van der Waals surface area contributed by atoms with E-state index in [4.69, 9.17) is 0 Å². The summed E-state index contributed by atoms with van der Waals surface area (Å²) in [7, 11) is 0. The van der Waals surface area contributed by atoms with Gasteiger partial charge in [0.05, 0.1) is 0 Å². The zero-order valence-electron chi connectivity index (χ0n) is 18.6. The third-order valence-electron chi connectivity index (χ3n) is 6.73. The SMILES string of the molecule is CCC(C)C(NC(=O)c1ccc(Br)cc1)C(=O)N1CCN(C(=O)C2CCCCC2)CC1. The zero-order valence-corrected chi connectivity index (χ0v) is 20.2. The molecule has 2 aliphatic rings. The number of nitrogens with one attached hydrogen (secondary N) is 1. The van der Waals surface area contributed by atoms with Gasteiger partial charge in [0, 0.05) is 42.1 Å². The first-order chi connectivity index (χ1) is 14.9. The van der Waals surface area contributed by atoms with Gasteiger partial charge in [-0.2, -0.15) is 0 Å². The van der Waals surface area contributed by atoms with Crippen LogP contribution in [0.3, 0.4) is 0 Å². The van der Waals surface area contributed by atoms with Crippen LogP contribution in [0.25, 0.3) is 0 Å². The molecule has 1 saturated heterocycles. The number of hydrogen-bond acceptors (Lipinski definition) is 3. The largest absolute Gasteiger partial charge is 0.340 e. The number of amides is 3. The van der Waals surface area contributed by atoms with Gasteiger partial charge in [0.15, 0.2) is 0 Å². The van der Waals surface area contributed by atoms with Gasteiger partial charge in [-0.25, -0.2) is 0 Å². The molecule has 0 bridgehead atoms. The van der Waals surface area contributed by atoms with E-state index in [1.54, 1.807) is 12.1 Å². The number of hydrogen-bond donors (Lipinski definition) is 1. The van der Waals surface area contributed by atoms with Crippen LogP contribution in [0.2, 0.25) is 0 Å². The number of nitrogens with zero attached hydrogens (tertiary/aromatic N) is 2. The summed E-state index contributed by atoms with van der Waals surface area (Å²) < 4.78 is 0.902. The van der Waals surface area contributed by atoms with Crippen molar-refractivity contribution in [2.75, 3.05) is 26.2 Å². The second kappa shape index (κ2) is 11.1. The normalized spacial score (nSPS) is 19.6. The summed E-state index contributed by atoms with van der Waals surface area (Å²) >= 11 is 3.37. The number of piperazine rings is 1. The molecule has 2 fully saturated rings. The highest BCUT2D eigenvalue weighted by atomic mass is 79.9. The number of benzene rings is 1. The fraction of sp³-hybridized carbons (Fsp3) is 0.625. The molecule has 0 aromatic heterocycles. The van der Waals surface area contributed by atoms with Gasteiger partial charge >= 0.3 is 0 Å². The molecule has 31 heavy (non-hydrogen) atoms. The monoisotopic (exact) mass is 491 g/mol. The molecule has 2 atom stereocenters. The smallest absolute Gasteiger partial charge is 0.251 e. The van der Waals surface area contributed by atoms with Gasteiger partial charge in [-0.1, -0.05) is 55.5 Å². The van der Waals surface area contributed by atoms with Gasteiger partial charge < -0.3 is 15.1 Å². The highest BCUT2D eigenvalue weighted by molar-refractivity contribution is 9.10. The topological polar surface area (TPSA) is 69.7 Å². The standard InChI is InChI=1S/C24H34BrN3O3/c1-3-17(2)21(26-22(29)18-9-11-20(25)12-10-18)24(31)28-15-13-27(14-16-28)23(30)19-7-5-4-6-8-19/h9-12,17,19,21H,3-8,13-16H2,1-2H3,(H,26,29). The second-order valence-corrected chi connectivity index (χ2v) is 9.74. The van der Waals surface area contributed by atoms with Gasteiger partial charge in [0.1, 0.15) is 6.04 Å². The van der Waals surface area contributed by atoms with Gasteiger partial charge in [-0.15, -0.1) is 0 Å². The summed E-state index contributed by atoms with van der Waals surface area (Å²) in [6, 6.07) is 6.55. The Bertz CT molecular complexity index is 769. The molecule has 2 unspecified atom stereocenters. The number of carbonyl (C=O) groups is 3. The minimum absolute atomic E-state index is 0.0220. The van der Waals surface area contributed by atoms with Crippen LogP contribution in [0.15, 0.2) is 28.7 Å².